The van der Waals surface area contributed by atoms with Crippen molar-refractivity contribution in [2.75, 3.05) is 20.8 Å². The fraction of sp³-hybridized carbons (Fsp3) is 0.267. The Kier molecular flexibility index (Phi) is 5.27. The van der Waals surface area contributed by atoms with Gasteiger partial charge in [0.25, 0.3) is 5.91 Å². The molecule has 21 heavy (non-hydrogen) atoms. The predicted molar refractivity (Wildman–Crippen MR) is 82.0 cm³/mol. The summed E-state index contributed by atoms with van der Waals surface area (Å²) in [4.78, 5) is 11.9. The first kappa shape index (κ1) is 15.4. The number of hydrogen-bond donors (Lipinski definition) is 1. The minimum absolute atomic E-state index is 0.170. The third kappa shape index (κ3) is 3.78. The number of hydrogen-bond acceptors (Lipinski definition) is 4. The number of nitrogens with one attached hydrogen (secondary N) is 1. The first-order chi connectivity index (χ1) is 10.2. The minimum Gasteiger partial charge on any atom is -0.493 e. The maximum absolute atomic E-state index is 11.9. The summed E-state index contributed by atoms with van der Waals surface area (Å²) < 4.78 is 15.9. The molecule has 0 radical (unpaired) electrons. The Morgan fingerprint density at radius 2 is 2.00 bits per heavy atom. The summed E-state index contributed by atoms with van der Waals surface area (Å²) in [6, 6.07) is 7.32. The van der Waals surface area contributed by atoms with Gasteiger partial charge in [0.05, 0.1) is 26.0 Å². The van der Waals surface area contributed by atoms with Crippen molar-refractivity contribution in [1.29, 1.82) is 0 Å². The maximum Gasteiger partial charge on any atom is 0.255 e. The zero-order valence-electron chi connectivity index (χ0n) is 11.8. The number of benzene rings is 1. The van der Waals surface area contributed by atoms with Crippen LogP contribution in [-0.2, 0) is 6.42 Å². The molecule has 0 saturated carbocycles. The number of ether oxygens (including phenoxy) is 2. The SMILES string of the molecule is COc1ccc(CCNC(=O)c2ccoc2Br)cc1OC. The van der Waals surface area contributed by atoms with Crippen LogP contribution in [0.25, 0.3) is 0 Å². The van der Waals surface area contributed by atoms with Gasteiger partial charge in [-0.25, -0.2) is 0 Å². The summed E-state index contributed by atoms with van der Waals surface area (Å²) in [5.74, 6) is 1.20. The van der Waals surface area contributed by atoms with Crippen molar-refractivity contribution in [2.24, 2.45) is 0 Å². The highest BCUT2D eigenvalue weighted by atomic mass is 79.9. The predicted octanol–water partition coefficient (Wildman–Crippen LogP) is 3.03. The molecule has 0 aliphatic heterocycles. The van der Waals surface area contributed by atoms with E-state index in [1.54, 1.807) is 20.3 Å². The lowest BCUT2D eigenvalue weighted by Crippen LogP contribution is -2.25. The van der Waals surface area contributed by atoms with Crippen LogP contribution in [0.15, 0.2) is 39.6 Å². The van der Waals surface area contributed by atoms with E-state index in [0.29, 0.717) is 34.7 Å². The molecule has 6 heteroatoms. The van der Waals surface area contributed by atoms with E-state index in [4.69, 9.17) is 13.9 Å². The normalized spacial score (nSPS) is 10.2. The highest BCUT2D eigenvalue weighted by Crippen LogP contribution is 2.27. The van der Waals surface area contributed by atoms with Gasteiger partial charge >= 0.3 is 0 Å². The molecule has 5 nitrogen and oxygen atoms in total. The Hall–Kier alpha value is -1.95. The largest absolute Gasteiger partial charge is 0.493 e. The zero-order chi connectivity index (χ0) is 15.2. The second-order valence-electron chi connectivity index (χ2n) is 4.30. The van der Waals surface area contributed by atoms with Crippen LogP contribution in [0, 0.1) is 0 Å². The molecule has 1 aromatic carbocycles. The molecule has 1 aromatic heterocycles. The van der Waals surface area contributed by atoms with Gasteiger partial charge in [-0.1, -0.05) is 6.07 Å². The highest BCUT2D eigenvalue weighted by molar-refractivity contribution is 9.10. The molecular formula is C15H16BrNO4. The van der Waals surface area contributed by atoms with Gasteiger partial charge in [0, 0.05) is 6.54 Å². The molecule has 0 atom stereocenters. The fourth-order valence-electron chi connectivity index (χ4n) is 1.91. The topological polar surface area (TPSA) is 60.7 Å². The van der Waals surface area contributed by atoms with Crippen molar-refractivity contribution in [3.8, 4) is 11.5 Å². The van der Waals surface area contributed by atoms with Crippen LogP contribution in [0.1, 0.15) is 15.9 Å². The standard InChI is InChI=1S/C15H16BrNO4/c1-19-12-4-3-10(9-13(12)20-2)5-7-17-15(18)11-6-8-21-14(11)16/h3-4,6,8-9H,5,7H2,1-2H3,(H,17,18). The number of carbonyl (C=O) groups excluding carboxylic acids is 1. The molecule has 0 bridgehead atoms. The van der Waals surface area contributed by atoms with E-state index in [1.165, 1.54) is 6.26 Å². The lowest BCUT2D eigenvalue weighted by atomic mass is 10.1. The lowest BCUT2D eigenvalue weighted by molar-refractivity contribution is 0.0952. The molecule has 0 saturated heterocycles. The van der Waals surface area contributed by atoms with Crippen LogP contribution in [0.5, 0.6) is 11.5 Å². The lowest BCUT2D eigenvalue weighted by Gasteiger charge is -2.10. The molecule has 0 spiro atoms. The van der Waals surface area contributed by atoms with Crippen molar-refractivity contribution in [3.63, 3.8) is 0 Å². The van der Waals surface area contributed by atoms with Crippen molar-refractivity contribution in [3.05, 3.63) is 46.3 Å². The maximum atomic E-state index is 11.9. The van der Waals surface area contributed by atoms with E-state index in [0.717, 1.165) is 5.56 Å². The Morgan fingerprint density at radius 1 is 1.24 bits per heavy atom. The Morgan fingerprint density at radius 3 is 2.62 bits per heavy atom. The van der Waals surface area contributed by atoms with Gasteiger partial charge in [-0.2, -0.15) is 0 Å². The summed E-state index contributed by atoms with van der Waals surface area (Å²) in [7, 11) is 3.19. The van der Waals surface area contributed by atoms with Gasteiger partial charge in [-0.15, -0.1) is 0 Å². The van der Waals surface area contributed by atoms with Crippen molar-refractivity contribution < 1.29 is 18.7 Å². The number of rotatable bonds is 6. The van der Waals surface area contributed by atoms with E-state index >= 15 is 0 Å². The Bertz CT molecular complexity index is 624. The average Bonchev–Trinajstić information content (AvgIpc) is 2.93. The van der Waals surface area contributed by atoms with E-state index in [2.05, 4.69) is 21.2 Å². The second-order valence-corrected chi connectivity index (χ2v) is 5.02. The molecule has 0 unspecified atom stereocenters. The quantitative estimate of drug-likeness (QED) is 0.866. The van der Waals surface area contributed by atoms with Gasteiger partial charge in [0.1, 0.15) is 0 Å². The molecule has 2 aromatic rings. The van der Waals surface area contributed by atoms with Crippen molar-refractivity contribution >= 4 is 21.8 Å². The molecule has 1 amide bonds. The van der Waals surface area contributed by atoms with Crippen molar-refractivity contribution in [2.45, 2.75) is 6.42 Å². The van der Waals surface area contributed by atoms with E-state index < -0.39 is 0 Å². The van der Waals surface area contributed by atoms with Gasteiger partial charge in [0.2, 0.25) is 0 Å². The summed E-state index contributed by atoms with van der Waals surface area (Å²) in [6.45, 7) is 0.520. The zero-order valence-corrected chi connectivity index (χ0v) is 13.4. The number of furan rings is 1. The monoisotopic (exact) mass is 353 g/mol. The van der Waals surface area contributed by atoms with Gasteiger partial charge in [-0.05, 0) is 46.1 Å². The number of halogens is 1. The van der Waals surface area contributed by atoms with E-state index in [1.807, 2.05) is 18.2 Å². The summed E-state index contributed by atoms with van der Waals surface area (Å²) in [5.41, 5.74) is 1.54. The third-order valence-electron chi connectivity index (χ3n) is 3.01. The number of carbonyl (C=O) groups is 1. The van der Waals surface area contributed by atoms with Crippen molar-refractivity contribution in [1.82, 2.24) is 5.32 Å². The minimum atomic E-state index is -0.170. The van der Waals surface area contributed by atoms with Crippen LogP contribution >= 0.6 is 15.9 Å². The summed E-state index contributed by atoms with van der Waals surface area (Å²) >= 11 is 3.18. The van der Waals surface area contributed by atoms with Gasteiger partial charge < -0.3 is 19.2 Å². The van der Waals surface area contributed by atoms with E-state index in [-0.39, 0.29) is 5.91 Å². The molecule has 0 aliphatic rings. The van der Waals surface area contributed by atoms with Crippen LogP contribution < -0.4 is 14.8 Å². The molecule has 0 aliphatic carbocycles. The number of methoxy groups -OCH3 is 2. The third-order valence-corrected chi connectivity index (χ3v) is 3.62. The smallest absolute Gasteiger partial charge is 0.255 e. The first-order valence-corrected chi connectivity index (χ1v) is 7.17. The molecular weight excluding hydrogens is 338 g/mol. The number of amides is 1. The van der Waals surface area contributed by atoms with Crippen LogP contribution in [0.4, 0.5) is 0 Å². The highest BCUT2D eigenvalue weighted by Gasteiger charge is 2.12. The Labute approximate surface area is 131 Å². The summed E-state index contributed by atoms with van der Waals surface area (Å²) in [5, 5.41) is 2.84. The second kappa shape index (κ2) is 7.17. The Balaban J connectivity index is 1.92. The molecule has 1 N–H and O–H groups in total. The summed E-state index contributed by atoms with van der Waals surface area (Å²) in [6.07, 6.45) is 2.16. The fourth-order valence-corrected chi connectivity index (χ4v) is 2.33. The first-order valence-electron chi connectivity index (χ1n) is 6.37. The van der Waals surface area contributed by atoms with Gasteiger partial charge in [0.15, 0.2) is 16.2 Å². The van der Waals surface area contributed by atoms with Crippen LogP contribution in [0.3, 0.4) is 0 Å². The molecule has 112 valence electrons. The van der Waals surface area contributed by atoms with Crippen LogP contribution in [-0.4, -0.2) is 26.7 Å². The van der Waals surface area contributed by atoms with Crippen LogP contribution in [0.2, 0.25) is 0 Å². The molecule has 1 heterocycles. The van der Waals surface area contributed by atoms with Gasteiger partial charge in [-0.3, -0.25) is 4.79 Å². The van der Waals surface area contributed by atoms with E-state index in [9.17, 15) is 4.79 Å². The molecule has 2 rings (SSSR count). The molecule has 0 fully saturated rings. The average molecular weight is 354 g/mol.